The summed E-state index contributed by atoms with van der Waals surface area (Å²) in [5, 5.41) is 0. The number of amides is 1. The maximum absolute atomic E-state index is 13.1. The average molecular weight is 408 g/mol. The molecule has 2 aliphatic rings. The zero-order valence-corrected chi connectivity index (χ0v) is 17.8. The van der Waals surface area contributed by atoms with Crippen molar-refractivity contribution in [2.45, 2.75) is 45.1 Å². The minimum Gasteiger partial charge on any atom is -0.473 e. The topological polar surface area (TPSA) is 45.7 Å². The summed E-state index contributed by atoms with van der Waals surface area (Å²) in [6.45, 7) is 5.35. The SMILES string of the molecule is O=C(c1ccnc(OCc2ccccc2)c1)N1CCCN(CC2CCCCC2)CC1. The fourth-order valence-electron chi connectivity index (χ4n) is 4.63. The van der Waals surface area contributed by atoms with Gasteiger partial charge >= 0.3 is 0 Å². The second kappa shape index (κ2) is 10.6. The van der Waals surface area contributed by atoms with Crippen molar-refractivity contribution >= 4 is 5.91 Å². The summed E-state index contributed by atoms with van der Waals surface area (Å²) in [6, 6.07) is 13.6. The molecule has 5 nitrogen and oxygen atoms in total. The lowest BCUT2D eigenvalue weighted by atomic mass is 9.89. The summed E-state index contributed by atoms with van der Waals surface area (Å²) in [5.74, 6) is 1.44. The standard InChI is InChI=1S/C25H33N3O2/c29-25(23-12-13-26-24(18-23)30-20-22-10-5-2-6-11-22)28-15-7-14-27(16-17-28)19-21-8-3-1-4-9-21/h2,5-6,10-13,18,21H,1,3-4,7-9,14-17,19-20H2. The lowest BCUT2D eigenvalue weighted by molar-refractivity contribution is 0.0759. The molecule has 0 spiro atoms. The molecule has 5 heteroatoms. The molecular weight excluding hydrogens is 374 g/mol. The van der Waals surface area contributed by atoms with E-state index in [1.54, 1.807) is 18.3 Å². The van der Waals surface area contributed by atoms with E-state index in [1.807, 2.05) is 35.2 Å². The zero-order valence-electron chi connectivity index (χ0n) is 17.8. The van der Waals surface area contributed by atoms with Crippen LogP contribution in [0.2, 0.25) is 0 Å². The van der Waals surface area contributed by atoms with Crippen LogP contribution in [0.1, 0.15) is 54.4 Å². The van der Waals surface area contributed by atoms with Gasteiger partial charge in [-0.05, 0) is 43.4 Å². The monoisotopic (exact) mass is 407 g/mol. The predicted molar refractivity (Wildman–Crippen MR) is 119 cm³/mol. The van der Waals surface area contributed by atoms with Crippen LogP contribution in [0, 0.1) is 5.92 Å². The minimum absolute atomic E-state index is 0.0847. The van der Waals surface area contributed by atoms with Crippen molar-refractivity contribution in [1.82, 2.24) is 14.8 Å². The molecule has 1 saturated heterocycles. The lowest BCUT2D eigenvalue weighted by Crippen LogP contribution is -2.36. The zero-order chi connectivity index (χ0) is 20.6. The van der Waals surface area contributed by atoms with Gasteiger partial charge in [-0.1, -0.05) is 49.6 Å². The van der Waals surface area contributed by atoms with Gasteiger partial charge in [-0.2, -0.15) is 0 Å². The van der Waals surface area contributed by atoms with E-state index in [1.165, 1.54) is 38.6 Å². The van der Waals surface area contributed by atoms with E-state index >= 15 is 0 Å². The van der Waals surface area contributed by atoms with Gasteiger partial charge in [0.05, 0.1) is 0 Å². The molecule has 1 saturated carbocycles. The minimum atomic E-state index is 0.0847. The van der Waals surface area contributed by atoms with Crippen LogP contribution >= 0.6 is 0 Å². The van der Waals surface area contributed by atoms with Crippen molar-refractivity contribution in [3.63, 3.8) is 0 Å². The first-order valence-corrected chi connectivity index (χ1v) is 11.4. The van der Waals surface area contributed by atoms with Gasteiger partial charge in [0.25, 0.3) is 5.91 Å². The van der Waals surface area contributed by atoms with Crippen LogP contribution in [-0.4, -0.2) is 53.4 Å². The van der Waals surface area contributed by atoms with Gasteiger partial charge in [0.1, 0.15) is 6.61 Å². The molecule has 0 bridgehead atoms. The molecule has 1 aliphatic heterocycles. The van der Waals surface area contributed by atoms with E-state index in [-0.39, 0.29) is 5.91 Å². The molecule has 30 heavy (non-hydrogen) atoms. The van der Waals surface area contributed by atoms with E-state index < -0.39 is 0 Å². The summed E-state index contributed by atoms with van der Waals surface area (Å²) in [7, 11) is 0. The molecule has 2 heterocycles. The van der Waals surface area contributed by atoms with Crippen LogP contribution in [0.5, 0.6) is 5.88 Å². The Hall–Kier alpha value is -2.40. The molecule has 0 radical (unpaired) electrons. The van der Waals surface area contributed by atoms with Crippen molar-refractivity contribution in [3.8, 4) is 5.88 Å². The van der Waals surface area contributed by atoms with Crippen LogP contribution < -0.4 is 4.74 Å². The number of hydrogen-bond acceptors (Lipinski definition) is 4. The normalized spacial score (nSPS) is 18.7. The van der Waals surface area contributed by atoms with E-state index in [0.29, 0.717) is 18.1 Å². The lowest BCUT2D eigenvalue weighted by Gasteiger charge is -2.28. The van der Waals surface area contributed by atoms with Crippen molar-refractivity contribution in [2.75, 3.05) is 32.7 Å². The Morgan fingerprint density at radius 1 is 0.967 bits per heavy atom. The van der Waals surface area contributed by atoms with Crippen LogP contribution in [0.25, 0.3) is 0 Å². The summed E-state index contributed by atoms with van der Waals surface area (Å²) in [4.78, 5) is 21.9. The van der Waals surface area contributed by atoms with Crippen LogP contribution in [0.15, 0.2) is 48.7 Å². The third-order valence-electron chi connectivity index (χ3n) is 6.33. The predicted octanol–water partition coefficient (Wildman–Crippen LogP) is 4.39. The number of carbonyl (C=O) groups is 1. The number of carbonyl (C=O) groups excluding carboxylic acids is 1. The summed E-state index contributed by atoms with van der Waals surface area (Å²) >= 11 is 0. The molecule has 2 aromatic rings. The quantitative estimate of drug-likeness (QED) is 0.713. The first-order chi connectivity index (χ1) is 14.8. The second-order valence-electron chi connectivity index (χ2n) is 8.61. The summed E-state index contributed by atoms with van der Waals surface area (Å²) < 4.78 is 5.81. The first-order valence-electron chi connectivity index (χ1n) is 11.4. The third kappa shape index (κ3) is 5.82. The molecule has 0 N–H and O–H groups in total. The van der Waals surface area contributed by atoms with Crippen LogP contribution in [0.3, 0.4) is 0 Å². The Labute approximate surface area is 180 Å². The number of ether oxygens (including phenoxy) is 1. The number of hydrogen-bond donors (Lipinski definition) is 0. The molecular formula is C25H33N3O2. The van der Waals surface area contributed by atoms with E-state index in [4.69, 9.17) is 4.74 Å². The molecule has 1 aromatic heterocycles. The summed E-state index contributed by atoms with van der Waals surface area (Å²) in [6.07, 6.45) is 9.65. The third-order valence-corrected chi connectivity index (χ3v) is 6.33. The molecule has 1 aliphatic carbocycles. The van der Waals surface area contributed by atoms with Gasteiger partial charge < -0.3 is 14.5 Å². The Bertz CT molecular complexity index is 805. The maximum atomic E-state index is 13.1. The number of nitrogens with zero attached hydrogens (tertiary/aromatic N) is 3. The van der Waals surface area contributed by atoms with Crippen molar-refractivity contribution in [3.05, 3.63) is 59.8 Å². The Balaban J connectivity index is 1.31. The highest BCUT2D eigenvalue weighted by molar-refractivity contribution is 5.94. The fourth-order valence-corrected chi connectivity index (χ4v) is 4.63. The Morgan fingerprint density at radius 2 is 1.80 bits per heavy atom. The van der Waals surface area contributed by atoms with Crippen molar-refractivity contribution in [1.29, 1.82) is 0 Å². The molecule has 0 atom stereocenters. The van der Waals surface area contributed by atoms with E-state index in [0.717, 1.165) is 44.1 Å². The summed E-state index contributed by atoms with van der Waals surface area (Å²) in [5.41, 5.74) is 1.75. The van der Waals surface area contributed by atoms with Gasteiger partial charge in [-0.25, -0.2) is 4.98 Å². The van der Waals surface area contributed by atoms with Crippen LogP contribution in [-0.2, 0) is 6.61 Å². The highest BCUT2D eigenvalue weighted by Gasteiger charge is 2.23. The molecule has 160 valence electrons. The van der Waals surface area contributed by atoms with Gasteiger partial charge in [-0.3, -0.25) is 4.79 Å². The largest absolute Gasteiger partial charge is 0.473 e. The first kappa shape index (κ1) is 20.9. The van der Waals surface area contributed by atoms with Gasteiger partial charge in [-0.15, -0.1) is 0 Å². The Kier molecular flexibility index (Phi) is 7.35. The number of benzene rings is 1. The van der Waals surface area contributed by atoms with Gasteiger partial charge in [0.2, 0.25) is 5.88 Å². The molecule has 4 rings (SSSR count). The highest BCUT2D eigenvalue weighted by Crippen LogP contribution is 2.25. The van der Waals surface area contributed by atoms with E-state index in [9.17, 15) is 4.79 Å². The van der Waals surface area contributed by atoms with Crippen molar-refractivity contribution in [2.24, 2.45) is 5.92 Å². The smallest absolute Gasteiger partial charge is 0.254 e. The fraction of sp³-hybridized carbons (Fsp3) is 0.520. The number of aromatic nitrogens is 1. The number of pyridine rings is 1. The highest BCUT2D eigenvalue weighted by atomic mass is 16.5. The van der Waals surface area contributed by atoms with Gasteiger partial charge in [0, 0.05) is 44.0 Å². The second-order valence-corrected chi connectivity index (χ2v) is 8.61. The average Bonchev–Trinajstić information content (AvgIpc) is 3.04. The molecule has 1 aromatic carbocycles. The Morgan fingerprint density at radius 3 is 2.63 bits per heavy atom. The maximum Gasteiger partial charge on any atom is 0.254 e. The molecule has 0 unspecified atom stereocenters. The molecule has 1 amide bonds. The van der Waals surface area contributed by atoms with Gasteiger partial charge in [0.15, 0.2) is 0 Å². The van der Waals surface area contributed by atoms with Crippen molar-refractivity contribution < 1.29 is 9.53 Å². The molecule has 2 fully saturated rings. The number of rotatable bonds is 6. The van der Waals surface area contributed by atoms with E-state index in [2.05, 4.69) is 9.88 Å². The van der Waals surface area contributed by atoms with Crippen LogP contribution in [0.4, 0.5) is 0 Å².